The molecule has 0 saturated heterocycles. The second-order valence-electron chi connectivity index (χ2n) is 6.45. The van der Waals surface area contributed by atoms with Gasteiger partial charge in [-0.15, -0.1) is 0 Å². The highest BCUT2D eigenvalue weighted by molar-refractivity contribution is 5.77. The van der Waals surface area contributed by atoms with Crippen molar-refractivity contribution in [2.45, 2.75) is 39.2 Å². The van der Waals surface area contributed by atoms with Crippen LogP contribution in [0.5, 0.6) is 0 Å². The van der Waals surface area contributed by atoms with E-state index in [-0.39, 0.29) is 17.9 Å². The number of benzene rings is 1. The zero-order chi connectivity index (χ0) is 16.0. The molecule has 0 aliphatic rings. The van der Waals surface area contributed by atoms with Crippen LogP contribution in [0, 0.1) is 5.92 Å². The van der Waals surface area contributed by atoms with Gasteiger partial charge in [-0.2, -0.15) is 0 Å². The lowest BCUT2D eigenvalue weighted by molar-refractivity contribution is -0.122. The molecule has 0 aromatic heterocycles. The van der Waals surface area contributed by atoms with E-state index < -0.39 is 0 Å². The Balaban J connectivity index is 2.57. The lowest BCUT2D eigenvalue weighted by Crippen LogP contribution is -2.45. The molecule has 1 rings (SSSR count). The normalized spacial score (nSPS) is 14.2. The average Bonchev–Trinajstić information content (AvgIpc) is 2.37. The summed E-state index contributed by atoms with van der Waals surface area (Å²) in [5.41, 5.74) is 7.59. The minimum Gasteiger partial charge on any atom is -0.399 e. The Morgan fingerprint density at radius 3 is 2.24 bits per heavy atom. The number of hydrogen-bond acceptors (Lipinski definition) is 3. The number of nitrogens with two attached hydrogens (primary N) is 1. The standard InChI is InChI=1S/C17H29N3O/c1-12(2)16(11-20(4)5)19-17(21)10-13(3)14-6-8-15(18)9-7-14/h6-9,12-13,16H,10-11,18H2,1-5H3,(H,19,21). The molecule has 0 aliphatic carbocycles. The highest BCUT2D eigenvalue weighted by Crippen LogP contribution is 2.20. The van der Waals surface area contributed by atoms with Crippen molar-refractivity contribution in [2.24, 2.45) is 5.92 Å². The number of rotatable bonds is 7. The second kappa shape index (κ2) is 8.03. The van der Waals surface area contributed by atoms with Gasteiger partial charge >= 0.3 is 0 Å². The van der Waals surface area contributed by atoms with Gasteiger partial charge in [0.15, 0.2) is 0 Å². The van der Waals surface area contributed by atoms with E-state index in [0.29, 0.717) is 12.3 Å². The van der Waals surface area contributed by atoms with Crippen molar-refractivity contribution in [3.63, 3.8) is 0 Å². The van der Waals surface area contributed by atoms with Crippen LogP contribution >= 0.6 is 0 Å². The van der Waals surface area contributed by atoms with E-state index in [9.17, 15) is 4.79 Å². The van der Waals surface area contributed by atoms with Crippen molar-refractivity contribution in [1.82, 2.24) is 10.2 Å². The van der Waals surface area contributed by atoms with E-state index >= 15 is 0 Å². The minimum absolute atomic E-state index is 0.111. The summed E-state index contributed by atoms with van der Waals surface area (Å²) in [6, 6.07) is 7.94. The van der Waals surface area contributed by atoms with Crippen LogP contribution in [-0.2, 0) is 4.79 Å². The Morgan fingerprint density at radius 1 is 1.19 bits per heavy atom. The van der Waals surface area contributed by atoms with Gasteiger partial charge in [0, 0.05) is 24.7 Å². The first-order valence-corrected chi connectivity index (χ1v) is 7.59. The fourth-order valence-corrected chi connectivity index (χ4v) is 2.30. The number of likely N-dealkylation sites (N-methyl/N-ethyl adjacent to an activating group) is 1. The minimum atomic E-state index is 0.111. The predicted octanol–water partition coefficient (Wildman–Crippen LogP) is 2.46. The van der Waals surface area contributed by atoms with E-state index in [1.54, 1.807) is 0 Å². The number of nitrogens with one attached hydrogen (secondary N) is 1. The van der Waals surface area contributed by atoms with Gasteiger partial charge in [0.25, 0.3) is 0 Å². The zero-order valence-electron chi connectivity index (χ0n) is 13.9. The smallest absolute Gasteiger partial charge is 0.220 e. The van der Waals surface area contributed by atoms with Gasteiger partial charge < -0.3 is 16.0 Å². The molecule has 2 atom stereocenters. The quantitative estimate of drug-likeness (QED) is 0.759. The molecule has 0 heterocycles. The van der Waals surface area contributed by atoms with E-state index in [1.807, 2.05) is 38.4 Å². The molecule has 0 radical (unpaired) electrons. The lowest BCUT2D eigenvalue weighted by Gasteiger charge is -2.26. The van der Waals surface area contributed by atoms with Crippen molar-refractivity contribution in [3.8, 4) is 0 Å². The van der Waals surface area contributed by atoms with Crippen molar-refractivity contribution < 1.29 is 4.79 Å². The Bertz CT molecular complexity index is 440. The SMILES string of the molecule is CC(CC(=O)NC(CN(C)C)C(C)C)c1ccc(N)cc1. The molecular weight excluding hydrogens is 262 g/mol. The number of hydrogen-bond donors (Lipinski definition) is 2. The molecule has 3 N–H and O–H groups in total. The van der Waals surface area contributed by atoms with Crippen LogP contribution in [0.1, 0.15) is 38.7 Å². The van der Waals surface area contributed by atoms with Crippen molar-refractivity contribution in [2.75, 3.05) is 26.4 Å². The van der Waals surface area contributed by atoms with Crippen LogP contribution in [0.25, 0.3) is 0 Å². The molecule has 1 amide bonds. The molecule has 0 fully saturated rings. The number of nitrogens with zero attached hydrogens (tertiary/aromatic N) is 1. The van der Waals surface area contributed by atoms with E-state index in [1.165, 1.54) is 0 Å². The number of nitrogen functional groups attached to an aromatic ring is 1. The van der Waals surface area contributed by atoms with E-state index in [0.717, 1.165) is 17.8 Å². The van der Waals surface area contributed by atoms with Gasteiger partial charge in [-0.1, -0.05) is 32.9 Å². The number of anilines is 1. The molecule has 1 aromatic rings. The molecule has 1 aromatic carbocycles. The molecule has 4 heteroatoms. The van der Waals surface area contributed by atoms with Gasteiger partial charge in [0.1, 0.15) is 0 Å². The third-order valence-electron chi connectivity index (χ3n) is 3.71. The summed E-state index contributed by atoms with van der Waals surface area (Å²) >= 11 is 0. The van der Waals surface area contributed by atoms with Crippen LogP contribution < -0.4 is 11.1 Å². The molecular formula is C17H29N3O. The van der Waals surface area contributed by atoms with Crippen LogP contribution in [0.15, 0.2) is 24.3 Å². The summed E-state index contributed by atoms with van der Waals surface area (Å²) in [7, 11) is 4.05. The summed E-state index contributed by atoms with van der Waals surface area (Å²) in [6.07, 6.45) is 0.501. The van der Waals surface area contributed by atoms with Crippen LogP contribution in [-0.4, -0.2) is 37.5 Å². The predicted molar refractivity (Wildman–Crippen MR) is 89.2 cm³/mol. The van der Waals surface area contributed by atoms with Crippen LogP contribution in [0.4, 0.5) is 5.69 Å². The third-order valence-corrected chi connectivity index (χ3v) is 3.71. The Kier molecular flexibility index (Phi) is 6.69. The summed E-state index contributed by atoms with van der Waals surface area (Å²) in [4.78, 5) is 14.3. The first kappa shape index (κ1) is 17.5. The molecule has 118 valence electrons. The summed E-state index contributed by atoms with van der Waals surface area (Å²) < 4.78 is 0. The second-order valence-corrected chi connectivity index (χ2v) is 6.45. The maximum atomic E-state index is 12.2. The first-order valence-electron chi connectivity index (χ1n) is 7.59. The van der Waals surface area contributed by atoms with Gasteiger partial charge in [-0.3, -0.25) is 4.79 Å². The Hall–Kier alpha value is -1.55. The molecule has 4 nitrogen and oxygen atoms in total. The summed E-state index contributed by atoms with van der Waals surface area (Å²) in [5, 5.41) is 3.15. The lowest BCUT2D eigenvalue weighted by atomic mass is 9.96. The van der Waals surface area contributed by atoms with Crippen LogP contribution in [0.3, 0.4) is 0 Å². The Labute approximate surface area is 128 Å². The molecule has 0 aliphatic heterocycles. The van der Waals surface area contributed by atoms with Crippen molar-refractivity contribution >= 4 is 11.6 Å². The number of amides is 1. The first-order chi connectivity index (χ1) is 9.79. The molecule has 21 heavy (non-hydrogen) atoms. The van der Waals surface area contributed by atoms with Crippen LogP contribution in [0.2, 0.25) is 0 Å². The average molecular weight is 291 g/mol. The van der Waals surface area contributed by atoms with Gasteiger partial charge in [0.2, 0.25) is 5.91 Å². The van der Waals surface area contributed by atoms with Crippen molar-refractivity contribution in [1.29, 1.82) is 0 Å². The zero-order valence-corrected chi connectivity index (χ0v) is 13.9. The van der Waals surface area contributed by atoms with Gasteiger partial charge in [-0.05, 0) is 43.6 Å². The largest absolute Gasteiger partial charge is 0.399 e. The highest BCUT2D eigenvalue weighted by Gasteiger charge is 2.18. The molecule has 0 spiro atoms. The third kappa shape index (κ3) is 6.17. The number of carbonyl (C=O) groups excluding carboxylic acids is 1. The maximum Gasteiger partial charge on any atom is 0.220 e. The molecule has 0 bridgehead atoms. The fraction of sp³-hybridized carbons (Fsp3) is 0.588. The topological polar surface area (TPSA) is 58.4 Å². The number of carbonyl (C=O) groups is 1. The maximum absolute atomic E-state index is 12.2. The Morgan fingerprint density at radius 2 is 1.76 bits per heavy atom. The molecule has 2 unspecified atom stereocenters. The van der Waals surface area contributed by atoms with Gasteiger partial charge in [-0.25, -0.2) is 0 Å². The van der Waals surface area contributed by atoms with Crippen molar-refractivity contribution in [3.05, 3.63) is 29.8 Å². The van der Waals surface area contributed by atoms with E-state index in [4.69, 9.17) is 5.73 Å². The highest BCUT2D eigenvalue weighted by atomic mass is 16.1. The molecule has 0 saturated carbocycles. The summed E-state index contributed by atoms with van der Waals surface area (Å²) in [6.45, 7) is 7.21. The van der Waals surface area contributed by atoms with Gasteiger partial charge in [0.05, 0.1) is 0 Å². The monoisotopic (exact) mass is 291 g/mol. The summed E-state index contributed by atoms with van der Waals surface area (Å²) in [5.74, 6) is 0.723. The van der Waals surface area contributed by atoms with E-state index in [2.05, 4.69) is 31.0 Å². The fourth-order valence-electron chi connectivity index (χ4n) is 2.30.